The minimum absolute atomic E-state index is 0.640. The van der Waals surface area contributed by atoms with E-state index in [0.717, 1.165) is 29.2 Å². The molecule has 19 heavy (non-hydrogen) atoms. The molecule has 1 aromatic heterocycles. The lowest BCUT2D eigenvalue weighted by Crippen LogP contribution is -2.16. The lowest BCUT2D eigenvalue weighted by Gasteiger charge is -2.20. The van der Waals surface area contributed by atoms with Crippen molar-refractivity contribution in [2.24, 2.45) is 12.8 Å². The quantitative estimate of drug-likeness (QED) is 0.912. The summed E-state index contributed by atoms with van der Waals surface area (Å²) >= 11 is 6.33. The van der Waals surface area contributed by atoms with Crippen molar-refractivity contribution in [2.75, 3.05) is 18.5 Å². The molecule has 0 saturated carbocycles. The Hall–Kier alpha value is -1.52. The second-order valence-electron chi connectivity index (χ2n) is 4.70. The van der Waals surface area contributed by atoms with Crippen LogP contribution in [0.15, 0.2) is 30.6 Å². The molecule has 0 bridgehead atoms. The van der Waals surface area contributed by atoms with E-state index in [9.17, 15) is 0 Å². The van der Waals surface area contributed by atoms with Crippen molar-refractivity contribution in [3.63, 3.8) is 0 Å². The molecule has 0 aliphatic heterocycles. The predicted octanol–water partition coefficient (Wildman–Crippen LogP) is 2.21. The molecule has 0 spiro atoms. The molecule has 0 unspecified atom stereocenters. The number of benzene rings is 1. The fraction of sp³-hybridized carbons (Fsp3) is 0.357. The second kappa shape index (κ2) is 6.08. The van der Waals surface area contributed by atoms with Crippen LogP contribution in [-0.4, -0.2) is 23.4 Å². The molecule has 1 aromatic carbocycles. The minimum atomic E-state index is 0.640. The standard InChI is InChI=1S/C14H19ClN4/c1-18(9-12-8-17-19(2)10-12)14-4-3-11(5-6-16)7-13(14)15/h3-4,7-8,10H,5-6,9,16H2,1-2H3. The molecule has 0 aliphatic rings. The van der Waals surface area contributed by atoms with Crippen LogP contribution in [0.3, 0.4) is 0 Å². The molecule has 2 N–H and O–H groups in total. The zero-order valence-corrected chi connectivity index (χ0v) is 12.1. The molecule has 2 rings (SSSR count). The number of rotatable bonds is 5. The molecular weight excluding hydrogens is 260 g/mol. The molecule has 0 amide bonds. The van der Waals surface area contributed by atoms with Crippen molar-refractivity contribution in [2.45, 2.75) is 13.0 Å². The molecule has 4 nitrogen and oxygen atoms in total. The maximum atomic E-state index is 6.33. The third kappa shape index (κ3) is 3.49. The van der Waals surface area contributed by atoms with Crippen LogP contribution in [-0.2, 0) is 20.0 Å². The van der Waals surface area contributed by atoms with E-state index >= 15 is 0 Å². The fourth-order valence-corrected chi connectivity index (χ4v) is 2.44. The lowest BCUT2D eigenvalue weighted by molar-refractivity contribution is 0.766. The van der Waals surface area contributed by atoms with Gasteiger partial charge in [-0.3, -0.25) is 4.68 Å². The number of nitrogens with two attached hydrogens (primary N) is 1. The summed E-state index contributed by atoms with van der Waals surface area (Å²) in [5.41, 5.74) is 8.90. The Labute approximate surface area is 118 Å². The summed E-state index contributed by atoms with van der Waals surface area (Å²) < 4.78 is 1.80. The van der Waals surface area contributed by atoms with E-state index in [1.807, 2.05) is 38.6 Å². The van der Waals surface area contributed by atoms with Crippen LogP contribution in [0.25, 0.3) is 0 Å². The van der Waals surface area contributed by atoms with E-state index in [1.165, 1.54) is 5.56 Å². The van der Waals surface area contributed by atoms with Crippen molar-refractivity contribution in [1.82, 2.24) is 9.78 Å². The molecule has 0 fully saturated rings. The first-order valence-corrected chi connectivity index (χ1v) is 6.65. The molecule has 0 saturated heterocycles. The van der Waals surface area contributed by atoms with Crippen LogP contribution in [0.2, 0.25) is 5.02 Å². The maximum absolute atomic E-state index is 6.33. The van der Waals surface area contributed by atoms with Gasteiger partial charge in [-0.15, -0.1) is 0 Å². The van der Waals surface area contributed by atoms with Gasteiger partial charge in [-0.2, -0.15) is 5.10 Å². The molecule has 1 heterocycles. The Balaban J connectivity index is 2.12. The number of halogens is 1. The average Bonchev–Trinajstić information content (AvgIpc) is 2.75. The Morgan fingerprint density at radius 2 is 2.16 bits per heavy atom. The highest BCUT2D eigenvalue weighted by atomic mass is 35.5. The number of hydrogen-bond donors (Lipinski definition) is 1. The molecule has 0 atom stereocenters. The van der Waals surface area contributed by atoms with E-state index in [2.05, 4.69) is 16.1 Å². The number of aromatic nitrogens is 2. The van der Waals surface area contributed by atoms with Crippen molar-refractivity contribution >= 4 is 17.3 Å². The van der Waals surface area contributed by atoms with Gasteiger partial charge >= 0.3 is 0 Å². The highest BCUT2D eigenvalue weighted by Crippen LogP contribution is 2.27. The highest BCUT2D eigenvalue weighted by molar-refractivity contribution is 6.33. The second-order valence-corrected chi connectivity index (χ2v) is 5.11. The van der Waals surface area contributed by atoms with Crippen LogP contribution in [0.5, 0.6) is 0 Å². The Bertz CT molecular complexity index is 550. The topological polar surface area (TPSA) is 47.1 Å². The average molecular weight is 279 g/mol. The number of hydrogen-bond acceptors (Lipinski definition) is 3. The molecule has 102 valence electrons. The van der Waals surface area contributed by atoms with E-state index in [1.54, 1.807) is 4.68 Å². The lowest BCUT2D eigenvalue weighted by atomic mass is 10.1. The van der Waals surface area contributed by atoms with Crippen LogP contribution in [0.4, 0.5) is 5.69 Å². The van der Waals surface area contributed by atoms with Gasteiger partial charge in [0.2, 0.25) is 0 Å². The van der Waals surface area contributed by atoms with E-state index in [-0.39, 0.29) is 0 Å². The molecule has 5 heteroatoms. The number of anilines is 1. The van der Waals surface area contributed by atoms with Crippen molar-refractivity contribution in [3.8, 4) is 0 Å². The van der Waals surface area contributed by atoms with Gasteiger partial charge in [-0.25, -0.2) is 0 Å². The highest BCUT2D eigenvalue weighted by Gasteiger charge is 2.08. The van der Waals surface area contributed by atoms with Gasteiger partial charge in [0.15, 0.2) is 0 Å². The van der Waals surface area contributed by atoms with E-state index in [0.29, 0.717) is 6.54 Å². The van der Waals surface area contributed by atoms with Gasteiger partial charge in [0, 0.05) is 32.4 Å². The minimum Gasteiger partial charge on any atom is -0.369 e. The molecule has 2 aromatic rings. The zero-order chi connectivity index (χ0) is 13.8. The van der Waals surface area contributed by atoms with E-state index < -0.39 is 0 Å². The van der Waals surface area contributed by atoms with Crippen LogP contribution in [0.1, 0.15) is 11.1 Å². The summed E-state index contributed by atoms with van der Waals surface area (Å²) in [4.78, 5) is 2.12. The van der Waals surface area contributed by atoms with Gasteiger partial charge < -0.3 is 10.6 Å². The third-order valence-electron chi connectivity index (χ3n) is 3.03. The SMILES string of the molecule is CN(Cc1cnn(C)c1)c1ccc(CCN)cc1Cl. The van der Waals surface area contributed by atoms with Gasteiger partial charge in [-0.05, 0) is 30.7 Å². The first-order valence-electron chi connectivity index (χ1n) is 6.27. The number of nitrogens with zero attached hydrogens (tertiary/aromatic N) is 3. The van der Waals surface area contributed by atoms with Gasteiger partial charge in [0.05, 0.1) is 16.9 Å². The maximum Gasteiger partial charge on any atom is 0.0642 e. The Kier molecular flexibility index (Phi) is 4.45. The fourth-order valence-electron chi connectivity index (χ4n) is 2.09. The molecule has 0 radical (unpaired) electrons. The molecule has 0 aliphatic carbocycles. The van der Waals surface area contributed by atoms with Gasteiger partial charge in [0.25, 0.3) is 0 Å². The predicted molar refractivity (Wildman–Crippen MR) is 79.5 cm³/mol. The van der Waals surface area contributed by atoms with Gasteiger partial charge in [-0.1, -0.05) is 17.7 Å². The largest absolute Gasteiger partial charge is 0.369 e. The summed E-state index contributed by atoms with van der Waals surface area (Å²) in [6.45, 7) is 1.42. The Morgan fingerprint density at radius 1 is 1.37 bits per heavy atom. The number of aryl methyl sites for hydroxylation is 1. The monoisotopic (exact) mass is 278 g/mol. The summed E-state index contributed by atoms with van der Waals surface area (Å²) in [6, 6.07) is 6.11. The normalized spacial score (nSPS) is 10.7. The summed E-state index contributed by atoms with van der Waals surface area (Å²) in [7, 11) is 3.94. The first-order chi connectivity index (χ1) is 9.10. The van der Waals surface area contributed by atoms with Crippen LogP contribution < -0.4 is 10.6 Å². The van der Waals surface area contributed by atoms with Gasteiger partial charge in [0.1, 0.15) is 0 Å². The summed E-state index contributed by atoms with van der Waals surface area (Å²) in [5, 5.41) is 4.93. The zero-order valence-electron chi connectivity index (χ0n) is 11.3. The summed E-state index contributed by atoms with van der Waals surface area (Å²) in [5.74, 6) is 0. The van der Waals surface area contributed by atoms with Crippen molar-refractivity contribution in [1.29, 1.82) is 0 Å². The summed E-state index contributed by atoms with van der Waals surface area (Å²) in [6.07, 6.45) is 4.73. The van der Waals surface area contributed by atoms with Crippen LogP contribution in [0, 0.1) is 0 Å². The first kappa shape index (κ1) is 13.9. The Morgan fingerprint density at radius 3 is 2.74 bits per heavy atom. The third-order valence-corrected chi connectivity index (χ3v) is 3.34. The van der Waals surface area contributed by atoms with E-state index in [4.69, 9.17) is 17.3 Å². The molecular formula is C14H19ClN4. The smallest absolute Gasteiger partial charge is 0.0642 e. The van der Waals surface area contributed by atoms with Crippen molar-refractivity contribution in [3.05, 3.63) is 46.7 Å². The van der Waals surface area contributed by atoms with Crippen molar-refractivity contribution < 1.29 is 0 Å². The van der Waals surface area contributed by atoms with Crippen LogP contribution >= 0.6 is 11.6 Å².